The molecule has 1 N–H and O–H groups in total. The first kappa shape index (κ1) is 18.9. The zero-order valence-corrected chi connectivity index (χ0v) is 16.8. The smallest absolute Gasteiger partial charge is 0.278 e. The quantitative estimate of drug-likeness (QED) is 0.545. The van der Waals surface area contributed by atoms with Crippen LogP contribution in [0.2, 0.25) is 0 Å². The topological polar surface area (TPSA) is 89.8 Å². The Labute approximate surface area is 171 Å². The Bertz CT molecular complexity index is 1230. The molecule has 0 spiro atoms. The summed E-state index contributed by atoms with van der Waals surface area (Å²) in [6.45, 7) is 4.42. The van der Waals surface area contributed by atoms with E-state index in [2.05, 4.69) is 20.6 Å². The lowest BCUT2D eigenvalue weighted by Crippen LogP contribution is -2.29. The number of nitrogens with zero attached hydrogens (tertiary/aromatic N) is 4. The number of hydrogen-bond donors (Lipinski definition) is 1. The van der Waals surface area contributed by atoms with Crippen molar-refractivity contribution in [2.45, 2.75) is 20.4 Å². The molecule has 0 radical (unpaired) electrons. The molecule has 0 saturated heterocycles. The third-order valence-electron chi connectivity index (χ3n) is 4.29. The number of fused-ring (bicyclic) bond motifs is 1. The molecule has 2 aromatic heterocycles. The van der Waals surface area contributed by atoms with Crippen LogP contribution in [-0.2, 0) is 6.54 Å². The standard InChI is InChI=1S/C21H19N5O2S/c1-13(2)12-26-20(28)16-11-7-6-10-15(16)17(25-26)18(27)22-21-24-23-19(29-21)14-8-4-3-5-9-14/h3-11,13H,12H2,1-2H3,(H,22,24,27). The molecule has 4 rings (SSSR count). The number of aromatic nitrogens is 4. The number of carbonyl (C=O) groups excluding carboxylic acids is 1. The van der Waals surface area contributed by atoms with Crippen LogP contribution in [0.5, 0.6) is 0 Å². The summed E-state index contributed by atoms with van der Waals surface area (Å²) < 4.78 is 1.36. The van der Waals surface area contributed by atoms with Gasteiger partial charge in [0.15, 0.2) is 5.69 Å². The van der Waals surface area contributed by atoms with Crippen molar-refractivity contribution >= 4 is 33.1 Å². The zero-order valence-electron chi connectivity index (χ0n) is 16.0. The van der Waals surface area contributed by atoms with E-state index in [1.165, 1.54) is 16.0 Å². The Balaban J connectivity index is 1.69. The molecule has 0 aliphatic rings. The molecule has 0 fully saturated rings. The number of carbonyl (C=O) groups is 1. The number of rotatable bonds is 5. The Morgan fingerprint density at radius 3 is 2.45 bits per heavy atom. The molecule has 2 heterocycles. The molecular formula is C21H19N5O2S. The van der Waals surface area contributed by atoms with Crippen molar-refractivity contribution in [3.8, 4) is 10.6 Å². The van der Waals surface area contributed by atoms with Crippen molar-refractivity contribution in [3.05, 3.63) is 70.6 Å². The van der Waals surface area contributed by atoms with Gasteiger partial charge in [0.25, 0.3) is 11.5 Å². The fraction of sp³-hybridized carbons (Fsp3) is 0.190. The largest absolute Gasteiger partial charge is 0.295 e. The van der Waals surface area contributed by atoms with Gasteiger partial charge in [-0.15, -0.1) is 10.2 Å². The summed E-state index contributed by atoms with van der Waals surface area (Å²) in [5.74, 6) is -0.205. The lowest BCUT2D eigenvalue weighted by Gasteiger charge is -2.12. The summed E-state index contributed by atoms with van der Waals surface area (Å²) in [6.07, 6.45) is 0. The second-order valence-electron chi connectivity index (χ2n) is 7.01. The van der Waals surface area contributed by atoms with Crippen LogP contribution in [0.1, 0.15) is 24.3 Å². The van der Waals surface area contributed by atoms with Gasteiger partial charge in [-0.1, -0.05) is 73.7 Å². The molecule has 0 aliphatic carbocycles. The molecule has 7 nitrogen and oxygen atoms in total. The van der Waals surface area contributed by atoms with Crippen LogP contribution < -0.4 is 10.9 Å². The zero-order chi connectivity index (χ0) is 20.4. The highest BCUT2D eigenvalue weighted by Crippen LogP contribution is 2.26. The van der Waals surface area contributed by atoms with Gasteiger partial charge in [0.2, 0.25) is 5.13 Å². The monoisotopic (exact) mass is 405 g/mol. The summed E-state index contributed by atoms with van der Waals surface area (Å²) in [5, 5.41) is 17.4. The van der Waals surface area contributed by atoms with Crippen LogP contribution in [0.3, 0.4) is 0 Å². The average Bonchev–Trinajstić information content (AvgIpc) is 3.19. The normalized spacial score (nSPS) is 11.1. The minimum absolute atomic E-state index is 0.192. The fourth-order valence-electron chi connectivity index (χ4n) is 3.00. The third kappa shape index (κ3) is 3.93. The summed E-state index contributed by atoms with van der Waals surface area (Å²) in [7, 11) is 0. The van der Waals surface area contributed by atoms with Gasteiger partial charge in [-0.25, -0.2) is 4.68 Å². The maximum absolute atomic E-state index is 13.0. The lowest BCUT2D eigenvalue weighted by atomic mass is 10.1. The predicted molar refractivity (Wildman–Crippen MR) is 114 cm³/mol. The maximum atomic E-state index is 13.0. The van der Waals surface area contributed by atoms with Crippen molar-refractivity contribution in [2.24, 2.45) is 5.92 Å². The molecule has 0 unspecified atom stereocenters. The van der Waals surface area contributed by atoms with Crippen LogP contribution in [0.4, 0.5) is 5.13 Å². The van der Waals surface area contributed by atoms with Gasteiger partial charge in [-0.05, 0) is 12.0 Å². The van der Waals surface area contributed by atoms with Crippen LogP contribution in [-0.4, -0.2) is 25.9 Å². The van der Waals surface area contributed by atoms with E-state index in [4.69, 9.17) is 0 Å². The molecule has 2 aromatic carbocycles. The van der Waals surface area contributed by atoms with Crippen LogP contribution in [0.25, 0.3) is 21.3 Å². The van der Waals surface area contributed by atoms with Crippen molar-refractivity contribution in [1.82, 2.24) is 20.0 Å². The third-order valence-corrected chi connectivity index (χ3v) is 5.17. The maximum Gasteiger partial charge on any atom is 0.278 e. The van der Waals surface area contributed by atoms with Crippen LogP contribution in [0, 0.1) is 5.92 Å². The van der Waals surface area contributed by atoms with Crippen molar-refractivity contribution < 1.29 is 4.79 Å². The molecule has 4 aromatic rings. The van der Waals surface area contributed by atoms with E-state index in [0.717, 1.165) is 5.56 Å². The summed E-state index contributed by atoms with van der Waals surface area (Å²) in [5.41, 5.74) is 0.921. The van der Waals surface area contributed by atoms with Gasteiger partial charge < -0.3 is 0 Å². The highest BCUT2D eigenvalue weighted by Gasteiger charge is 2.19. The van der Waals surface area contributed by atoms with E-state index in [1.54, 1.807) is 24.3 Å². The van der Waals surface area contributed by atoms with Gasteiger partial charge in [0.1, 0.15) is 5.01 Å². The summed E-state index contributed by atoms with van der Waals surface area (Å²) in [6, 6.07) is 16.6. The van der Waals surface area contributed by atoms with Gasteiger partial charge in [-0.2, -0.15) is 5.10 Å². The van der Waals surface area contributed by atoms with Crippen LogP contribution >= 0.6 is 11.3 Å². The molecule has 0 aliphatic heterocycles. The van der Waals surface area contributed by atoms with Crippen molar-refractivity contribution in [2.75, 3.05) is 5.32 Å². The molecule has 0 atom stereocenters. The van der Waals surface area contributed by atoms with E-state index in [9.17, 15) is 9.59 Å². The predicted octanol–water partition coefficient (Wildman–Crippen LogP) is 3.82. The van der Waals surface area contributed by atoms with Gasteiger partial charge in [-0.3, -0.25) is 14.9 Å². The first-order chi connectivity index (χ1) is 14.0. The van der Waals surface area contributed by atoms with Gasteiger partial charge in [0, 0.05) is 17.5 Å². The number of hydrogen-bond acceptors (Lipinski definition) is 6. The Morgan fingerprint density at radius 2 is 1.72 bits per heavy atom. The van der Waals surface area contributed by atoms with Gasteiger partial charge >= 0.3 is 0 Å². The Hall–Kier alpha value is -3.39. The van der Waals surface area contributed by atoms with Crippen molar-refractivity contribution in [3.63, 3.8) is 0 Å². The number of benzene rings is 2. The SMILES string of the molecule is CC(C)Cn1nc(C(=O)Nc2nnc(-c3ccccc3)s2)c2ccccc2c1=O. The second kappa shape index (κ2) is 7.92. The highest BCUT2D eigenvalue weighted by atomic mass is 32.1. The molecule has 146 valence electrons. The first-order valence-electron chi connectivity index (χ1n) is 9.23. The Morgan fingerprint density at radius 1 is 1.03 bits per heavy atom. The molecule has 29 heavy (non-hydrogen) atoms. The minimum Gasteiger partial charge on any atom is -0.295 e. The Kier molecular flexibility index (Phi) is 5.18. The first-order valence-corrected chi connectivity index (χ1v) is 10.0. The minimum atomic E-state index is -0.422. The summed E-state index contributed by atoms with van der Waals surface area (Å²) in [4.78, 5) is 25.7. The van der Waals surface area contributed by atoms with E-state index in [1.807, 2.05) is 44.2 Å². The number of amides is 1. The molecular weight excluding hydrogens is 386 g/mol. The molecule has 0 bridgehead atoms. The number of nitrogens with one attached hydrogen (secondary N) is 1. The van der Waals surface area contributed by atoms with E-state index in [-0.39, 0.29) is 17.2 Å². The molecule has 8 heteroatoms. The van der Waals surface area contributed by atoms with Gasteiger partial charge in [0.05, 0.1) is 5.39 Å². The van der Waals surface area contributed by atoms with E-state index < -0.39 is 5.91 Å². The molecule has 0 saturated carbocycles. The average molecular weight is 405 g/mol. The van der Waals surface area contributed by atoms with Crippen LogP contribution in [0.15, 0.2) is 59.4 Å². The lowest BCUT2D eigenvalue weighted by molar-refractivity contribution is 0.102. The van der Waals surface area contributed by atoms with E-state index >= 15 is 0 Å². The van der Waals surface area contributed by atoms with Crippen molar-refractivity contribution in [1.29, 1.82) is 0 Å². The molecule has 1 amide bonds. The summed E-state index contributed by atoms with van der Waals surface area (Å²) >= 11 is 1.28. The van der Waals surface area contributed by atoms with E-state index in [0.29, 0.717) is 27.5 Å². The number of anilines is 1. The second-order valence-corrected chi connectivity index (χ2v) is 7.99. The fourth-order valence-corrected chi connectivity index (χ4v) is 3.74. The highest BCUT2D eigenvalue weighted by molar-refractivity contribution is 7.18.